The van der Waals surface area contributed by atoms with Gasteiger partial charge in [0, 0.05) is 29.8 Å². The van der Waals surface area contributed by atoms with Crippen LogP contribution in [0, 0.1) is 17.0 Å². The number of nitrogens with two attached hydrogens (primary N) is 1. The second-order valence-electron chi connectivity index (χ2n) is 8.22. The summed E-state index contributed by atoms with van der Waals surface area (Å²) in [6.07, 6.45) is 4.97. The van der Waals surface area contributed by atoms with E-state index in [4.69, 9.17) is 15.2 Å². The number of aryl methyl sites for hydroxylation is 1. The molecule has 0 aromatic heterocycles. The minimum Gasteiger partial charge on any atom is -0.493 e. The third-order valence-corrected chi connectivity index (χ3v) is 5.88. The fourth-order valence-corrected chi connectivity index (χ4v) is 4.14. The Bertz CT molecular complexity index is 1030. The Kier molecular flexibility index (Phi) is 7.87. The number of primary amides is 1. The molecule has 0 saturated heterocycles. The fraction of sp³-hybridized carbons (Fsp3) is 0.417. The minimum absolute atomic E-state index is 0.0448. The molecule has 9 nitrogen and oxygen atoms in total. The van der Waals surface area contributed by atoms with Crippen molar-refractivity contribution < 1.29 is 24.0 Å². The molecule has 0 aliphatic heterocycles. The van der Waals surface area contributed by atoms with E-state index >= 15 is 0 Å². The number of ether oxygens (including phenoxy) is 2. The standard InChI is InChI=1S/C24H29N3O6/c1-16-8-10-18(13-20(16)27(30)31)24(29)26(19-6-4-3-5-7-19)14-17-9-11-21(22(12-17)32-2)33-15-23(25)28/h8-13,19H,3-7,14-15H2,1-2H3,(H2,25,28). The lowest BCUT2D eigenvalue weighted by Crippen LogP contribution is -2.41. The van der Waals surface area contributed by atoms with Crippen molar-refractivity contribution in [2.75, 3.05) is 13.7 Å². The highest BCUT2D eigenvalue weighted by molar-refractivity contribution is 5.95. The van der Waals surface area contributed by atoms with E-state index in [1.54, 1.807) is 42.2 Å². The number of nitrogens with zero attached hydrogens (tertiary/aromatic N) is 2. The highest BCUT2D eigenvalue weighted by atomic mass is 16.6. The van der Waals surface area contributed by atoms with Crippen LogP contribution >= 0.6 is 0 Å². The van der Waals surface area contributed by atoms with Crippen LogP contribution in [0.25, 0.3) is 0 Å². The first-order valence-electron chi connectivity index (χ1n) is 10.9. The summed E-state index contributed by atoms with van der Waals surface area (Å²) in [6, 6.07) is 9.89. The van der Waals surface area contributed by atoms with Gasteiger partial charge in [0.25, 0.3) is 17.5 Å². The van der Waals surface area contributed by atoms with Gasteiger partial charge in [-0.05, 0) is 43.5 Å². The Morgan fingerprint density at radius 3 is 2.48 bits per heavy atom. The SMILES string of the molecule is COc1cc(CN(C(=O)c2ccc(C)c([N+](=O)[O-])c2)C2CCCCC2)ccc1OCC(N)=O. The second-order valence-corrected chi connectivity index (χ2v) is 8.22. The molecular weight excluding hydrogens is 426 g/mol. The van der Waals surface area contributed by atoms with E-state index in [2.05, 4.69) is 0 Å². The number of methoxy groups -OCH3 is 1. The Morgan fingerprint density at radius 2 is 1.85 bits per heavy atom. The molecule has 0 spiro atoms. The Morgan fingerprint density at radius 1 is 1.12 bits per heavy atom. The smallest absolute Gasteiger partial charge is 0.273 e. The molecule has 2 aromatic rings. The van der Waals surface area contributed by atoms with Gasteiger partial charge in [0.2, 0.25) is 0 Å². The summed E-state index contributed by atoms with van der Waals surface area (Å²) in [7, 11) is 1.49. The first kappa shape index (κ1) is 24.0. The maximum atomic E-state index is 13.5. The molecule has 1 fully saturated rings. The van der Waals surface area contributed by atoms with Gasteiger partial charge in [-0.2, -0.15) is 0 Å². The average molecular weight is 456 g/mol. The molecule has 1 saturated carbocycles. The van der Waals surface area contributed by atoms with Crippen molar-refractivity contribution in [3.05, 3.63) is 63.2 Å². The molecule has 1 aliphatic carbocycles. The lowest BCUT2D eigenvalue weighted by atomic mass is 9.93. The van der Waals surface area contributed by atoms with E-state index in [9.17, 15) is 19.7 Å². The summed E-state index contributed by atoms with van der Waals surface area (Å²) < 4.78 is 10.8. The van der Waals surface area contributed by atoms with Gasteiger partial charge in [0.1, 0.15) is 0 Å². The van der Waals surface area contributed by atoms with Crippen LogP contribution < -0.4 is 15.2 Å². The van der Waals surface area contributed by atoms with E-state index in [0.29, 0.717) is 29.2 Å². The van der Waals surface area contributed by atoms with Gasteiger partial charge in [-0.15, -0.1) is 0 Å². The fourth-order valence-electron chi connectivity index (χ4n) is 4.14. The van der Waals surface area contributed by atoms with Crippen LogP contribution in [0.3, 0.4) is 0 Å². The van der Waals surface area contributed by atoms with Crippen molar-refractivity contribution >= 4 is 17.5 Å². The second kappa shape index (κ2) is 10.8. The number of hydrogen-bond donors (Lipinski definition) is 1. The van der Waals surface area contributed by atoms with Gasteiger partial charge in [0.05, 0.1) is 12.0 Å². The highest BCUT2D eigenvalue weighted by Gasteiger charge is 2.28. The molecular formula is C24H29N3O6. The molecule has 0 bridgehead atoms. The third kappa shape index (κ3) is 6.00. The molecule has 1 aliphatic rings. The summed E-state index contributed by atoms with van der Waals surface area (Å²) in [5.74, 6) is -0.0269. The van der Waals surface area contributed by atoms with Crippen LogP contribution in [0.2, 0.25) is 0 Å². The van der Waals surface area contributed by atoms with Gasteiger partial charge in [-0.1, -0.05) is 31.4 Å². The molecule has 176 valence electrons. The molecule has 2 aromatic carbocycles. The molecule has 3 rings (SSSR count). The van der Waals surface area contributed by atoms with E-state index in [-0.39, 0.29) is 24.2 Å². The number of rotatable bonds is 9. The van der Waals surface area contributed by atoms with Crippen molar-refractivity contribution in [1.82, 2.24) is 4.90 Å². The van der Waals surface area contributed by atoms with Crippen molar-refractivity contribution in [2.45, 2.75) is 51.6 Å². The molecule has 0 unspecified atom stereocenters. The Balaban J connectivity index is 1.90. The van der Waals surface area contributed by atoms with Crippen molar-refractivity contribution in [3.8, 4) is 11.5 Å². The van der Waals surface area contributed by atoms with Gasteiger partial charge >= 0.3 is 0 Å². The molecule has 0 radical (unpaired) electrons. The Labute approximate surface area is 192 Å². The quantitative estimate of drug-likeness (QED) is 0.453. The van der Waals surface area contributed by atoms with E-state index < -0.39 is 10.8 Å². The zero-order chi connectivity index (χ0) is 24.0. The van der Waals surface area contributed by atoms with Gasteiger partial charge in [-0.3, -0.25) is 19.7 Å². The monoisotopic (exact) mass is 455 g/mol. The Hall–Kier alpha value is -3.62. The van der Waals surface area contributed by atoms with Gasteiger partial charge in [-0.25, -0.2) is 0 Å². The lowest BCUT2D eigenvalue weighted by Gasteiger charge is -2.34. The normalized spacial score (nSPS) is 13.9. The van der Waals surface area contributed by atoms with Crippen LogP contribution in [0.1, 0.15) is 53.6 Å². The van der Waals surface area contributed by atoms with Crippen LogP contribution in [0.5, 0.6) is 11.5 Å². The first-order valence-corrected chi connectivity index (χ1v) is 10.9. The number of nitro groups is 1. The van der Waals surface area contributed by atoms with Crippen LogP contribution in [0.15, 0.2) is 36.4 Å². The number of carbonyl (C=O) groups excluding carboxylic acids is 2. The number of nitro benzene ring substituents is 1. The first-order chi connectivity index (χ1) is 15.8. The zero-order valence-electron chi connectivity index (χ0n) is 18.9. The zero-order valence-corrected chi connectivity index (χ0v) is 18.9. The molecule has 0 atom stereocenters. The summed E-state index contributed by atoms with van der Waals surface area (Å²) in [4.78, 5) is 37.3. The number of benzene rings is 2. The topological polar surface area (TPSA) is 125 Å². The summed E-state index contributed by atoms with van der Waals surface area (Å²) >= 11 is 0. The lowest BCUT2D eigenvalue weighted by molar-refractivity contribution is -0.385. The summed E-state index contributed by atoms with van der Waals surface area (Å²) in [5, 5.41) is 11.4. The number of amides is 2. The summed E-state index contributed by atoms with van der Waals surface area (Å²) in [6.45, 7) is 1.70. The minimum atomic E-state index is -0.595. The molecule has 0 heterocycles. The van der Waals surface area contributed by atoms with E-state index in [1.807, 2.05) is 0 Å². The molecule has 2 N–H and O–H groups in total. The number of carbonyl (C=O) groups is 2. The summed E-state index contributed by atoms with van der Waals surface area (Å²) in [5.41, 5.74) is 6.71. The van der Waals surface area contributed by atoms with Gasteiger partial charge < -0.3 is 20.1 Å². The maximum Gasteiger partial charge on any atom is 0.273 e. The van der Waals surface area contributed by atoms with Gasteiger partial charge in [0.15, 0.2) is 18.1 Å². The highest BCUT2D eigenvalue weighted by Crippen LogP contribution is 2.31. The largest absolute Gasteiger partial charge is 0.493 e. The van der Waals surface area contributed by atoms with Crippen LogP contribution in [0.4, 0.5) is 5.69 Å². The van der Waals surface area contributed by atoms with E-state index in [0.717, 1.165) is 37.7 Å². The maximum absolute atomic E-state index is 13.5. The van der Waals surface area contributed by atoms with Crippen LogP contribution in [-0.2, 0) is 11.3 Å². The van der Waals surface area contributed by atoms with Crippen LogP contribution in [-0.4, -0.2) is 41.4 Å². The van der Waals surface area contributed by atoms with E-state index in [1.165, 1.54) is 13.2 Å². The number of hydrogen-bond acceptors (Lipinski definition) is 6. The molecule has 2 amide bonds. The molecule has 33 heavy (non-hydrogen) atoms. The predicted molar refractivity (Wildman–Crippen MR) is 122 cm³/mol. The average Bonchev–Trinajstić information content (AvgIpc) is 2.81. The van der Waals surface area contributed by atoms with Crippen molar-refractivity contribution in [3.63, 3.8) is 0 Å². The van der Waals surface area contributed by atoms with Crippen molar-refractivity contribution in [1.29, 1.82) is 0 Å². The van der Waals surface area contributed by atoms with Crippen molar-refractivity contribution in [2.24, 2.45) is 5.73 Å². The third-order valence-electron chi connectivity index (χ3n) is 5.88. The predicted octanol–water partition coefficient (Wildman–Crippen LogP) is 3.75. The molecule has 9 heteroatoms.